The molecular formula is C9H18N3O. The molecule has 0 spiro atoms. The molecule has 0 saturated carbocycles. The van der Waals surface area contributed by atoms with Crippen LogP contribution in [-0.2, 0) is 4.79 Å². The van der Waals surface area contributed by atoms with Gasteiger partial charge < -0.3 is 4.90 Å². The van der Waals surface area contributed by atoms with Gasteiger partial charge in [-0.2, -0.15) is 5.43 Å². The highest BCUT2D eigenvalue weighted by Crippen LogP contribution is 2.01. The van der Waals surface area contributed by atoms with Crippen molar-refractivity contribution < 1.29 is 4.79 Å². The van der Waals surface area contributed by atoms with Gasteiger partial charge in [0.05, 0.1) is 0 Å². The molecule has 1 saturated heterocycles. The average Bonchev–Trinajstić information content (AvgIpc) is 2.18. The van der Waals surface area contributed by atoms with E-state index in [-0.39, 0.29) is 5.91 Å². The number of carbonyl (C=O) groups is 1. The van der Waals surface area contributed by atoms with Crippen LogP contribution in [-0.4, -0.2) is 48.5 Å². The Labute approximate surface area is 79.9 Å². The van der Waals surface area contributed by atoms with Crippen molar-refractivity contribution in [3.8, 4) is 0 Å². The fraction of sp³-hybridized carbons (Fsp3) is 0.889. The lowest BCUT2D eigenvalue weighted by atomic mass is 10.3. The molecule has 0 aromatic carbocycles. The highest BCUT2D eigenvalue weighted by molar-refractivity contribution is 5.75. The number of carbonyl (C=O) groups excluding carboxylic acids is 1. The lowest BCUT2D eigenvalue weighted by molar-refractivity contribution is -0.133. The molecule has 0 atom stereocenters. The van der Waals surface area contributed by atoms with Crippen molar-refractivity contribution in [1.82, 2.24) is 15.3 Å². The van der Waals surface area contributed by atoms with Gasteiger partial charge in [0.1, 0.15) is 0 Å². The topological polar surface area (TPSA) is 37.7 Å². The van der Waals surface area contributed by atoms with Crippen LogP contribution in [0.15, 0.2) is 0 Å². The zero-order chi connectivity index (χ0) is 9.68. The largest absolute Gasteiger partial charge is 0.340 e. The first-order valence-electron chi connectivity index (χ1n) is 4.98. The molecule has 1 heterocycles. The second kappa shape index (κ2) is 5.19. The summed E-state index contributed by atoms with van der Waals surface area (Å²) in [5.41, 5.74) is 4.30. The number of piperazine rings is 1. The van der Waals surface area contributed by atoms with Crippen molar-refractivity contribution in [2.75, 3.05) is 32.7 Å². The van der Waals surface area contributed by atoms with Crippen molar-refractivity contribution in [2.45, 2.75) is 20.3 Å². The summed E-state index contributed by atoms with van der Waals surface area (Å²) in [6.07, 6.45) is 0.616. The number of amides is 1. The SMILES string of the molecule is CC[N]N1CCN(C(=O)CC)CC1. The minimum Gasteiger partial charge on any atom is -0.340 e. The molecule has 0 unspecified atom stereocenters. The zero-order valence-corrected chi connectivity index (χ0v) is 8.49. The fourth-order valence-corrected chi connectivity index (χ4v) is 1.51. The van der Waals surface area contributed by atoms with E-state index in [1.165, 1.54) is 0 Å². The minimum absolute atomic E-state index is 0.260. The standard InChI is InChI=1S/C9H18N3O/c1-3-9(13)11-5-7-12(8-6-11)10-4-2/h3-8H2,1-2H3. The van der Waals surface area contributed by atoms with Gasteiger partial charge in [-0.15, -0.1) is 0 Å². The molecule has 4 heteroatoms. The van der Waals surface area contributed by atoms with Crippen LogP contribution in [0.2, 0.25) is 0 Å². The van der Waals surface area contributed by atoms with Crippen molar-refractivity contribution in [3.63, 3.8) is 0 Å². The van der Waals surface area contributed by atoms with E-state index in [0.717, 1.165) is 32.7 Å². The van der Waals surface area contributed by atoms with E-state index in [0.29, 0.717) is 6.42 Å². The molecule has 1 fully saturated rings. The Morgan fingerprint density at radius 3 is 2.31 bits per heavy atom. The van der Waals surface area contributed by atoms with Gasteiger partial charge in [-0.05, 0) is 6.92 Å². The van der Waals surface area contributed by atoms with Gasteiger partial charge in [-0.1, -0.05) is 6.92 Å². The second-order valence-corrected chi connectivity index (χ2v) is 3.15. The zero-order valence-electron chi connectivity index (χ0n) is 8.49. The highest BCUT2D eigenvalue weighted by atomic mass is 16.2. The summed E-state index contributed by atoms with van der Waals surface area (Å²) >= 11 is 0. The van der Waals surface area contributed by atoms with Crippen LogP contribution in [0, 0.1) is 0 Å². The van der Waals surface area contributed by atoms with Crippen LogP contribution >= 0.6 is 0 Å². The van der Waals surface area contributed by atoms with Crippen molar-refractivity contribution >= 4 is 5.91 Å². The first-order valence-corrected chi connectivity index (χ1v) is 4.98. The summed E-state index contributed by atoms with van der Waals surface area (Å²) in [5, 5.41) is 2.06. The Balaban J connectivity index is 2.26. The maximum absolute atomic E-state index is 11.3. The van der Waals surface area contributed by atoms with Crippen molar-refractivity contribution in [2.24, 2.45) is 0 Å². The Hall–Kier alpha value is -0.610. The third-order valence-electron chi connectivity index (χ3n) is 2.25. The van der Waals surface area contributed by atoms with E-state index < -0.39 is 0 Å². The molecule has 0 bridgehead atoms. The predicted octanol–water partition coefficient (Wildman–Crippen LogP) is 0.0799. The molecule has 0 aliphatic carbocycles. The van der Waals surface area contributed by atoms with Crippen LogP contribution in [0.3, 0.4) is 0 Å². The van der Waals surface area contributed by atoms with E-state index in [1.54, 1.807) is 0 Å². The Morgan fingerprint density at radius 2 is 1.85 bits per heavy atom. The summed E-state index contributed by atoms with van der Waals surface area (Å²) in [5.74, 6) is 0.260. The van der Waals surface area contributed by atoms with Crippen LogP contribution in [0.4, 0.5) is 0 Å². The van der Waals surface area contributed by atoms with Gasteiger partial charge in [-0.25, -0.2) is 5.01 Å². The van der Waals surface area contributed by atoms with E-state index in [2.05, 4.69) is 10.4 Å². The van der Waals surface area contributed by atoms with Gasteiger partial charge in [-0.3, -0.25) is 4.79 Å². The summed E-state index contributed by atoms with van der Waals surface area (Å²) in [6.45, 7) is 8.21. The predicted molar refractivity (Wildman–Crippen MR) is 51.1 cm³/mol. The van der Waals surface area contributed by atoms with Crippen LogP contribution < -0.4 is 5.43 Å². The third-order valence-corrected chi connectivity index (χ3v) is 2.25. The normalized spacial score (nSPS) is 19.1. The maximum atomic E-state index is 11.3. The van der Waals surface area contributed by atoms with Gasteiger partial charge >= 0.3 is 0 Å². The number of hydrogen-bond acceptors (Lipinski definition) is 2. The second-order valence-electron chi connectivity index (χ2n) is 3.15. The average molecular weight is 184 g/mol. The number of nitrogens with zero attached hydrogens (tertiary/aromatic N) is 3. The lowest BCUT2D eigenvalue weighted by Gasteiger charge is -2.33. The van der Waals surface area contributed by atoms with Gasteiger partial charge in [0.15, 0.2) is 0 Å². The lowest BCUT2D eigenvalue weighted by Crippen LogP contribution is -2.50. The smallest absolute Gasteiger partial charge is 0.222 e. The first kappa shape index (κ1) is 10.5. The summed E-state index contributed by atoms with van der Waals surface area (Å²) in [6, 6.07) is 0. The Kier molecular flexibility index (Phi) is 4.18. The molecule has 0 aromatic rings. The molecule has 1 radical (unpaired) electrons. The highest BCUT2D eigenvalue weighted by Gasteiger charge is 2.19. The molecule has 1 rings (SSSR count). The fourth-order valence-electron chi connectivity index (χ4n) is 1.51. The summed E-state index contributed by atoms with van der Waals surface area (Å²) in [7, 11) is 0. The van der Waals surface area contributed by atoms with E-state index in [1.807, 2.05) is 18.7 Å². The molecule has 0 N–H and O–H groups in total. The third kappa shape index (κ3) is 2.97. The Bertz CT molecular complexity index is 164. The summed E-state index contributed by atoms with van der Waals surface area (Å²) < 4.78 is 0. The minimum atomic E-state index is 0.260. The molecule has 1 amide bonds. The van der Waals surface area contributed by atoms with E-state index in [4.69, 9.17) is 0 Å². The van der Waals surface area contributed by atoms with Crippen molar-refractivity contribution in [3.05, 3.63) is 0 Å². The first-order chi connectivity index (χ1) is 6.27. The van der Waals surface area contributed by atoms with Crippen LogP contribution in [0.1, 0.15) is 20.3 Å². The van der Waals surface area contributed by atoms with Gasteiger partial charge in [0.2, 0.25) is 5.91 Å². The molecule has 0 aromatic heterocycles. The van der Waals surface area contributed by atoms with Gasteiger partial charge in [0.25, 0.3) is 0 Å². The molecule has 1 aliphatic heterocycles. The molecule has 13 heavy (non-hydrogen) atoms. The monoisotopic (exact) mass is 184 g/mol. The molecule has 75 valence electrons. The van der Waals surface area contributed by atoms with Crippen LogP contribution in [0.5, 0.6) is 0 Å². The maximum Gasteiger partial charge on any atom is 0.222 e. The molecule has 4 nitrogen and oxygen atoms in total. The van der Waals surface area contributed by atoms with Crippen LogP contribution in [0.25, 0.3) is 0 Å². The quantitative estimate of drug-likeness (QED) is 0.623. The van der Waals surface area contributed by atoms with E-state index in [9.17, 15) is 4.79 Å². The number of rotatable bonds is 3. The van der Waals surface area contributed by atoms with E-state index >= 15 is 0 Å². The molecule has 1 aliphatic rings. The summed E-state index contributed by atoms with van der Waals surface area (Å²) in [4.78, 5) is 13.2. The number of hydrogen-bond donors (Lipinski definition) is 0. The Morgan fingerprint density at radius 1 is 1.23 bits per heavy atom. The molecular weight excluding hydrogens is 166 g/mol. The van der Waals surface area contributed by atoms with Gasteiger partial charge in [0, 0.05) is 39.1 Å². The van der Waals surface area contributed by atoms with Crippen molar-refractivity contribution in [1.29, 1.82) is 0 Å².